The predicted molar refractivity (Wildman–Crippen MR) is 51.4 cm³/mol. The van der Waals surface area contributed by atoms with E-state index in [1.165, 1.54) is 0 Å². The van der Waals surface area contributed by atoms with E-state index in [-0.39, 0.29) is 0 Å². The van der Waals surface area contributed by atoms with Crippen LogP contribution in [0.15, 0.2) is 24.5 Å². The van der Waals surface area contributed by atoms with Gasteiger partial charge in [0.1, 0.15) is 0 Å². The minimum absolute atomic E-state index is 0.991. The molecule has 0 unspecified atom stereocenters. The van der Waals surface area contributed by atoms with Crippen LogP contribution in [0.1, 0.15) is 0 Å². The summed E-state index contributed by atoms with van der Waals surface area (Å²) in [5.74, 6) is 0. The molecule has 1 aromatic heterocycles. The van der Waals surface area contributed by atoms with Crippen molar-refractivity contribution in [1.29, 1.82) is 0 Å². The largest absolute Gasteiger partial charge is 0.372 e. The maximum Gasteiger partial charge on any atom is 0.0550 e. The summed E-state index contributed by atoms with van der Waals surface area (Å²) in [4.78, 5) is 6.22. The van der Waals surface area contributed by atoms with Gasteiger partial charge in [-0.2, -0.15) is 0 Å². The van der Waals surface area contributed by atoms with Gasteiger partial charge in [0, 0.05) is 26.3 Å². The number of pyridine rings is 1. The van der Waals surface area contributed by atoms with Crippen molar-refractivity contribution in [3.05, 3.63) is 24.5 Å². The third-order valence-electron chi connectivity index (χ3n) is 1.78. The Morgan fingerprint density at radius 2 is 2.42 bits per heavy atom. The van der Waals surface area contributed by atoms with Crippen molar-refractivity contribution in [3.8, 4) is 0 Å². The second kappa shape index (κ2) is 4.72. The number of hydrogen-bond donors (Lipinski definition) is 1. The van der Waals surface area contributed by atoms with Crippen LogP contribution in [0.25, 0.3) is 0 Å². The lowest BCUT2D eigenvalue weighted by atomic mass is 10.4. The van der Waals surface area contributed by atoms with Crippen molar-refractivity contribution >= 4 is 5.69 Å². The maximum absolute atomic E-state index is 4.05. The molecule has 0 radical (unpaired) electrons. The molecule has 0 amide bonds. The second-order valence-corrected chi connectivity index (χ2v) is 2.74. The number of aromatic nitrogens is 1. The van der Waals surface area contributed by atoms with Crippen LogP contribution in [-0.4, -0.2) is 32.2 Å². The Morgan fingerprint density at radius 1 is 1.58 bits per heavy atom. The van der Waals surface area contributed by atoms with E-state index in [0.717, 1.165) is 18.8 Å². The molecule has 66 valence electrons. The molecule has 0 aliphatic heterocycles. The van der Waals surface area contributed by atoms with Crippen LogP contribution in [0.4, 0.5) is 5.69 Å². The Hall–Kier alpha value is -1.09. The fraction of sp³-hybridized carbons (Fsp3) is 0.444. The first-order valence-corrected chi connectivity index (χ1v) is 4.10. The minimum atomic E-state index is 0.991. The summed E-state index contributed by atoms with van der Waals surface area (Å²) in [5.41, 5.74) is 1.16. The first-order chi connectivity index (χ1) is 5.84. The Kier molecular flexibility index (Phi) is 3.54. The molecule has 1 heterocycles. The normalized spacial score (nSPS) is 9.83. The van der Waals surface area contributed by atoms with Gasteiger partial charge in [-0.15, -0.1) is 0 Å². The molecule has 0 atom stereocenters. The lowest BCUT2D eigenvalue weighted by Crippen LogP contribution is -2.26. The zero-order chi connectivity index (χ0) is 8.81. The van der Waals surface area contributed by atoms with Crippen molar-refractivity contribution in [2.24, 2.45) is 0 Å². The number of likely N-dealkylation sites (N-methyl/N-ethyl adjacent to an activating group) is 2. The maximum atomic E-state index is 4.05. The van der Waals surface area contributed by atoms with E-state index in [1.54, 1.807) is 6.20 Å². The lowest BCUT2D eigenvalue weighted by Gasteiger charge is -2.17. The lowest BCUT2D eigenvalue weighted by molar-refractivity contribution is 0.767. The van der Waals surface area contributed by atoms with E-state index in [0.29, 0.717) is 0 Å². The van der Waals surface area contributed by atoms with Crippen LogP contribution in [0.3, 0.4) is 0 Å². The summed E-state index contributed by atoms with van der Waals surface area (Å²) in [6.45, 7) is 1.99. The number of nitrogens with zero attached hydrogens (tertiary/aromatic N) is 2. The van der Waals surface area contributed by atoms with Gasteiger partial charge in [-0.25, -0.2) is 0 Å². The first-order valence-electron chi connectivity index (χ1n) is 4.10. The van der Waals surface area contributed by atoms with Crippen molar-refractivity contribution in [2.45, 2.75) is 0 Å². The first kappa shape index (κ1) is 9.00. The number of hydrogen-bond acceptors (Lipinski definition) is 3. The Morgan fingerprint density at radius 3 is 3.00 bits per heavy atom. The van der Waals surface area contributed by atoms with Gasteiger partial charge in [-0.05, 0) is 19.2 Å². The van der Waals surface area contributed by atoms with Crippen LogP contribution in [0.5, 0.6) is 0 Å². The number of anilines is 1. The quantitative estimate of drug-likeness (QED) is 0.713. The van der Waals surface area contributed by atoms with Gasteiger partial charge in [0.05, 0.1) is 11.9 Å². The Labute approximate surface area is 73.4 Å². The molecule has 0 saturated heterocycles. The monoisotopic (exact) mass is 165 g/mol. The molecule has 1 rings (SSSR count). The van der Waals surface area contributed by atoms with E-state index >= 15 is 0 Å². The third-order valence-corrected chi connectivity index (χ3v) is 1.78. The fourth-order valence-electron chi connectivity index (χ4n) is 0.988. The smallest absolute Gasteiger partial charge is 0.0550 e. The van der Waals surface area contributed by atoms with Crippen LogP contribution in [0, 0.1) is 0 Å². The standard InChI is InChI=1S/C9H15N3/c1-10-6-7-12(2)9-4-3-5-11-8-9/h3-5,8,10H,6-7H2,1-2H3. The van der Waals surface area contributed by atoms with Crippen molar-refractivity contribution in [2.75, 3.05) is 32.1 Å². The Bertz CT molecular complexity index is 210. The van der Waals surface area contributed by atoms with Crippen molar-refractivity contribution < 1.29 is 0 Å². The molecule has 0 saturated carbocycles. The van der Waals surface area contributed by atoms with Gasteiger partial charge in [0.15, 0.2) is 0 Å². The second-order valence-electron chi connectivity index (χ2n) is 2.74. The van der Waals surface area contributed by atoms with Crippen LogP contribution < -0.4 is 10.2 Å². The van der Waals surface area contributed by atoms with Crippen molar-refractivity contribution in [3.63, 3.8) is 0 Å². The molecular formula is C9H15N3. The molecule has 1 N–H and O–H groups in total. The average Bonchev–Trinajstić information content (AvgIpc) is 2.15. The van der Waals surface area contributed by atoms with Crippen LogP contribution in [0.2, 0.25) is 0 Å². The van der Waals surface area contributed by atoms with E-state index < -0.39 is 0 Å². The molecule has 0 aromatic carbocycles. The van der Waals surface area contributed by atoms with Gasteiger partial charge >= 0.3 is 0 Å². The van der Waals surface area contributed by atoms with E-state index in [1.807, 2.05) is 19.3 Å². The molecule has 1 aromatic rings. The summed E-state index contributed by atoms with van der Waals surface area (Å²) in [6, 6.07) is 4.01. The van der Waals surface area contributed by atoms with Gasteiger partial charge in [0.25, 0.3) is 0 Å². The molecule has 3 heteroatoms. The highest BCUT2D eigenvalue weighted by Gasteiger charge is 1.97. The summed E-state index contributed by atoms with van der Waals surface area (Å²) in [7, 11) is 4.02. The van der Waals surface area contributed by atoms with Crippen LogP contribution in [-0.2, 0) is 0 Å². The Balaban J connectivity index is 2.48. The van der Waals surface area contributed by atoms with Gasteiger partial charge < -0.3 is 10.2 Å². The molecule has 0 aliphatic rings. The molecule has 0 bridgehead atoms. The highest BCUT2D eigenvalue weighted by atomic mass is 15.1. The SMILES string of the molecule is CNCCN(C)c1cccnc1. The number of nitrogens with one attached hydrogen (secondary N) is 1. The highest BCUT2D eigenvalue weighted by Crippen LogP contribution is 2.07. The molecular weight excluding hydrogens is 150 g/mol. The van der Waals surface area contributed by atoms with E-state index in [2.05, 4.69) is 28.3 Å². The van der Waals surface area contributed by atoms with E-state index in [4.69, 9.17) is 0 Å². The minimum Gasteiger partial charge on any atom is -0.372 e. The molecule has 0 spiro atoms. The summed E-state index contributed by atoms with van der Waals surface area (Å²) in [5, 5.41) is 3.11. The summed E-state index contributed by atoms with van der Waals surface area (Å²) in [6.07, 6.45) is 3.66. The summed E-state index contributed by atoms with van der Waals surface area (Å²) >= 11 is 0. The van der Waals surface area contributed by atoms with Gasteiger partial charge in [-0.1, -0.05) is 0 Å². The zero-order valence-corrected chi connectivity index (χ0v) is 7.62. The van der Waals surface area contributed by atoms with Crippen molar-refractivity contribution in [1.82, 2.24) is 10.3 Å². The number of rotatable bonds is 4. The summed E-state index contributed by atoms with van der Waals surface area (Å²) < 4.78 is 0. The van der Waals surface area contributed by atoms with Gasteiger partial charge in [-0.3, -0.25) is 4.98 Å². The molecule has 3 nitrogen and oxygen atoms in total. The zero-order valence-electron chi connectivity index (χ0n) is 7.62. The van der Waals surface area contributed by atoms with E-state index in [9.17, 15) is 0 Å². The fourth-order valence-corrected chi connectivity index (χ4v) is 0.988. The predicted octanol–water partition coefficient (Wildman–Crippen LogP) is 0.737. The molecule has 12 heavy (non-hydrogen) atoms. The molecule has 0 aliphatic carbocycles. The average molecular weight is 165 g/mol. The molecule has 0 fully saturated rings. The highest BCUT2D eigenvalue weighted by molar-refractivity contribution is 5.42. The van der Waals surface area contributed by atoms with Gasteiger partial charge in [0.2, 0.25) is 0 Å². The third kappa shape index (κ3) is 2.51. The topological polar surface area (TPSA) is 28.2 Å². The van der Waals surface area contributed by atoms with Crippen LogP contribution >= 0.6 is 0 Å².